The van der Waals surface area contributed by atoms with Crippen LogP contribution in [0.1, 0.15) is 65.0 Å². The first-order valence-corrected chi connectivity index (χ1v) is 12.3. The van der Waals surface area contributed by atoms with Gasteiger partial charge in [0.05, 0.1) is 34.3 Å². The van der Waals surface area contributed by atoms with Gasteiger partial charge in [-0.25, -0.2) is 4.98 Å². The predicted octanol–water partition coefficient (Wildman–Crippen LogP) is 5.38. The van der Waals surface area contributed by atoms with E-state index in [0.717, 1.165) is 57.2 Å². The molecule has 3 atom stereocenters. The molecule has 1 heterocycles. The van der Waals surface area contributed by atoms with Crippen molar-refractivity contribution in [1.82, 2.24) is 14.5 Å². The molecule has 2 rings (SSSR count). The average molecular weight is 464 g/mol. The predicted molar refractivity (Wildman–Crippen MR) is 131 cm³/mol. The molecule has 188 valence electrons. The van der Waals surface area contributed by atoms with E-state index in [1.165, 1.54) is 0 Å². The van der Waals surface area contributed by atoms with Crippen molar-refractivity contribution in [3.05, 3.63) is 42.1 Å². The number of imidazole rings is 1. The summed E-state index contributed by atoms with van der Waals surface area (Å²) in [5, 5.41) is 0. The Labute approximate surface area is 200 Å². The SMILES string of the molecule is CCCCC1C(OC)=C(OC)C(OC)=CC1(CCCC)C(OCCCN(C)C)n1ccnc1. The summed E-state index contributed by atoms with van der Waals surface area (Å²) in [7, 11) is 9.29. The van der Waals surface area contributed by atoms with Gasteiger partial charge in [0.1, 0.15) is 12.0 Å². The van der Waals surface area contributed by atoms with Crippen LogP contribution in [-0.2, 0) is 18.9 Å². The number of allylic oxidation sites excluding steroid dienone is 1. The summed E-state index contributed by atoms with van der Waals surface area (Å²) >= 11 is 0. The van der Waals surface area contributed by atoms with E-state index in [9.17, 15) is 0 Å². The lowest BCUT2D eigenvalue weighted by Gasteiger charge is -2.47. The van der Waals surface area contributed by atoms with Gasteiger partial charge >= 0.3 is 0 Å². The Bertz CT molecular complexity index is 745. The second kappa shape index (κ2) is 13.7. The van der Waals surface area contributed by atoms with E-state index >= 15 is 0 Å². The van der Waals surface area contributed by atoms with Crippen molar-refractivity contribution < 1.29 is 18.9 Å². The molecule has 3 unspecified atom stereocenters. The third-order valence-electron chi connectivity index (χ3n) is 6.55. The van der Waals surface area contributed by atoms with Gasteiger partial charge in [-0.2, -0.15) is 0 Å². The number of rotatable bonds is 16. The van der Waals surface area contributed by atoms with Gasteiger partial charge in [0.2, 0.25) is 0 Å². The fourth-order valence-corrected chi connectivity index (χ4v) is 4.93. The topological polar surface area (TPSA) is 58.0 Å². The molecule has 0 aromatic carbocycles. The minimum absolute atomic E-state index is 0.101. The number of nitrogens with zero attached hydrogens (tertiary/aromatic N) is 3. The van der Waals surface area contributed by atoms with E-state index in [4.69, 9.17) is 18.9 Å². The van der Waals surface area contributed by atoms with Gasteiger partial charge in [-0.3, -0.25) is 0 Å². The van der Waals surface area contributed by atoms with Crippen LogP contribution < -0.4 is 0 Å². The molecular weight excluding hydrogens is 418 g/mol. The lowest BCUT2D eigenvalue weighted by atomic mass is 9.64. The number of unbranched alkanes of at least 4 members (excludes halogenated alkanes) is 2. The average Bonchev–Trinajstić information content (AvgIpc) is 3.35. The number of hydrogen-bond donors (Lipinski definition) is 0. The molecule has 7 nitrogen and oxygen atoms in total. The van der Waals surface area contributed by atoms with E-state index in [1.54, 1.807) is 21.3 Å². The highest BCUT2D eigenvalue weighted by Crippen LogP contribution is 2.55. The number of hydrogen-bond acceptors (Lipinski definition) is 6. The quantitative estimate of drug-likeness (QED) is 0.307. The third-order valence-corrected chi connectivity index (χ3v) is 6.55. The van der Waals surface area contributed by atoms with Crippen molar-refractivity contribution in [2.24, 2.45) is 11.3 Å². The van der Waals surface area contributed by atoms with Crippen LogP contribution in [0.15, 0.2) is 42.1 Å². The first-order valence-electron chi connectivity index (χ1n) is 12.3. The lowest BCUT2D eigenvalue weighted by Crippen LogP contribution is -2.43. The molecule has 7 heteroatoms. The van der Waals surface area contributed by atoms with Crippen LogP contribution in [0.5, 0.6) is 0 Å². The second-order valence-electron chi connectivity index (χ2n) is 9.11. The standard InChI is InChI=1S/C26H45N3O4/c1-8-10-13-21-23(31-6)24(32-7)22(30-5)19-26(21,14-11-9-2)25(29-17-15-27-20-29)33-18-12-16-28(3)4/h15,17,19-21,25H,8-14,16,18H2,1-7H3. The van der Waals surface area contributed by atoms with Gasteiger partial charge < -0.3 is 28.4 Å². The molecule has 33 heavy (non-hydrogen) atoms. The van der Waals surface area contributed by atoms with Crippen LogP contribution in [0.2, 0.25) is 0 Å². The summed E-state index contributed by atoms with van der Waals surface area (Å²) < 4.78 is 26.5. The second-order valence-corrected chi connectivity index (χ2v) is 9.11. The first-order chi connectivity index (χ1) is 16.0. The Balaban J connectivity index is 2.62. The summed E-state index contributed by atoms with van der Waals surface area (Å²) in [6.07, 6.45) is 15.0. The fourth-order valence-electron chi connectivity index (χ4n) is 4.93. The molecule has 0 amide bonds. The van der Waals surface area contributed by atoms with E-state index in [1.807, 2.05) is 18.7 Å². The molecular formula is C26H45N3O4. The molecule has 0 N–H and O–H groups in total. The van der Waals surface area contributed by atoms with Gasteiger partial charge in [0.25, 0.3) is 0 Å². The van der Waals surface area contributed by atoms with Crippen LogP contribution in [0, 0.1) is 11.3 Å². The molecule has 1 aliphatic rings. The minimum Gasteiger partial charge on any atom is -0.497 e. The van der Waals surface area contributed by atoms with Crippen LogP contribution in [-0.4, -0.2) is 63.0 Å². The third kappa shape index (κ3) is 6.54. The Morgan fingerprint density at radius 2 is 1.82 bits per heavy atom. The first kappa shape index (κ1) is 27.3. The van der Waals surface area contributed by atoms with E-state index in [-0.39, 0.29) is 17.6 Å². The molecule has 0 aliphatic heterocycles. The molecule has 0 saturated heterocycles. The normalized spacial score (nSPS) is 21.8. The van der Waals surface area contributed by atoms with E-state index in [2.05, 4.69) is 48.5 Å². The molecule has 1 aromatic heterocycles. The largest absolute Gasteiger partial charge is 0.497 e. The summed E-state index contributed by atoms with van der Waals surface area (Å²) in [5.41, 5.74) is -0.358. The van der Waals surface area contributed by atoms with Gasteiger partial charge in [-0.05, 0) is 46.0 Å². The molecule has 0 radical (unpaired) electrons. The monoisotopic (exact) mass is 463 g/mol. The van der Waals surface area contributed by atoms with Crippen molar-refractivity contribution >= 4 is 0 Å². The maximum Gasteiger partial charge on any atom is 0.198 e. The van der Waals surface area contributed by atoms with Crippen LogP contribution in [0.25, 0.3) is 0 Å². The summed E-state index contributed by atoms with van der Waals surface area (Å²) in [5.74, 6) is 2.35. The Morgan fingerprint density at radius 1 is 1.06 bits per heavy atom. The lowest BCUT2D eigenvalue weighted by molar-refractivity contribution is -0.107. The zero-order valence-electron chi connectivity index (χ0n) is 21.8. The molecule has 1 aliphatic carbocycles. The van der Waals surface area contributed by atoms with Gasteiger partial charge in [-0.1, -0.05) is 39.5 Å². The molecule has 1 aromatic rings. The maximum absolute atomic E-state index is 6.72. The summed E-state index contributed by atoms with van der Waals surface area (Å²) in [4.78, 5) is 6.54. The van der Waals surface area contributed by atoms with E-state index < -0.39 is 0 Å². The summed E-state index contributed by atoms with van der Waals surface area (Å²) in [6.45, 7) is 6.10. The van der Waals surface area contributed by atoms with Crippen molar-refractivity contribution in [2.45, 2.75) is 65.0 Å². The smallest absolute Gasteiger partial charge is 0.198 e. The molecule has 0 bridgehead atoms. The maximum atomic E-state index is 6.72. The number of ether oxygens (including phenoxy) is 4. The van der Waals surface area contributed by atoms with Crippen LogP contribution >= 0.6 is 0 Å². The number of methoxy groups -OCH3 is 3. The summed E-state index contributed by atoms with van der Waals surface area (Å²) in [6, 6.07) is 0. The highest BCUT2D eigenvalue weighted by Gasteiger charge is 2.51. The van der Waals surface area contributed by atoms with Gasteiger partial charge in [0.15, 0.2) is 11.5 Å². The van der Waals surface area contributed by atoms with Crippen LogP contribution in [0.4, 0.5) is 0 Å². The number of aromatic nitrogens is 2. The van der Waals surface area contributed by atoms with Crippen molar-refractivity contribution in [3.63, 3.8) is 0 Å². The van der Waals surface area contributed by atoms with Crippen LogP contribution in [0.3, 0.4) is 0 Å². The van der Waals surface area contributed by atoms with Crippen molar-refractivity contribution in [2.75, 3.05) is 48.6 Å². The van der Waals surface area contributed by atoms with Crippen molar-refractivity contribution in [3.8, 4) is 0 Å². The van der Waals surface area contributed by atoms with E-state index in [0.29, 0.717) is 18.1 Å². The Hall–Kier alpha value is -1.99. The fraction of sp³-hybridized carbons (Fsp3) is 0.731. The minimum atomic E-state index is -0.358. The highest BCUT2D eigenvalue weighted by molar-refractivity contribution is 5.35. The zero-order chi connectivity index (χ0) is 24.3. The Kier molecular flexibility index (Phi) is 11.3. The molecule has 0 saturated carbocycles. The zero-order valence-corrected chi connectivity index (χ0v) is 21.8. The van der Waals surface area contributed by atoms with Gasteiger partial charge in [0, 0.05) is 23.7 Å². The molecule has 0 fully saturated rings. The van der Waals surface area contributed by atoms with Crippen molar-refractivity contribution in [1.29, 1.82) is 0 Å². The molecule has 0 spiro atoms. The Morgan fingerprint density at radius 3 is 2.36 bits per heavy atom. The highest BCUT2D eigenvalue weighted by atomic mass is 16.5. The van der Waals surface area contributed by atoms with Gasteiger partial charge in [-0.15, -0.1) is 0 Å².